The van der Waals surface area contributed by atoms with Gasteiger partial charge in [-0.15, -0.1) is 0 Å². The number of hydrogen-bond acceptors (Lipinski definition) is 5. The van der Waals surface area contributed by atoms with Crippen LogP contribution in [0.4, 0.5) is 5.69 Å². The van der Waals surface area contributed by atoms with Crippen LogP contribution in [0.2, 0.25) is 0 Å². The first-order chi connectivity index (χ1) is 11.5. The number of esters is 1. The van der Waals surface area contributed by atoms with Crippen LogP contribution in [0.5, 0.6) is 11.6 Å². The van der Waals surface area contributed by atoms with Crippen molar-refractivity contribution in [2.45, 2.75) is 0 Å². The van der Waals surface area contributed by atoms with Crippen molar-refractivity contribution in [2.75, 3.05) is 7.11 Å². The zero-order chi connectivity index (χ0) is 17.5. The van der Waals surface area contributed by atoms with Gasteiger partial charge in [0.15, 0.2) is 5.96 Å². The van der Waals surface area contributed by atoms with Gasteiger partial charge in [-0.3, -0.25) is 0 Å². The Morgan fingerprint density at radius 1 is 1.12 bits per heavy atom. The van der Waals surface area contributed by atoms with Crippen molar-refractivity contribution in [1.29, 1.82) is 0 Å². The van der Waals surface area contributed by atoms with Crippen LogP contribution in [0.25, 0.3) is 0 Å². The number of methoxy groups -OCH3 is 1. The maximum Gasteiger partial charge on any atom is 0.338 e. The molecule has 0 radical (unpaired) electrons. The number of hydrogen-bond donors (Lipinski definition) is 3. The zero-order valence-electron chi connectivity index (χ0n) is 12.8. The van der Waals surface area contributed by atoms with Crippen LogP contribution in [0, 0.1) is 0 Å². The van der Waals surface area contributed by atoms with Gasteiger partial charge in [0, 0.05) is 12.3 Å². The first-order valence-corrected chi connectivity index (χ1v) is 6.74. The summed E-state index contributed by atoms with van der Waals surface area (Å²) in [4.78, 5) is 23.1. The molecule has 9 nitrogen and oxygen atoms in total. The Morgan fingerprint density at radius 2 is 1.83 bits per heavy atom. The molecular weight excluding hydrogens is 312 g/mol. The van der Waals surface area contributed by atoms with Crippen molar-refractivity contribution in [3.8, 4) is 11.6 Å². The van der Waals surface area contributed by atoms with E-state index >= 15 is 0 Å². The van der Waals surface area contributed by atoms with Gasteiger partial charge in [-0.1, -0.05) is 0 Å². The lowest BCUT2D eigenvalue weighted by Crippen LogP contribution is -2.26. The SMILES string of the molecule is COC(=O)c1ccnc(Oc2ccc(N=C(N)N=C(N)N)cc2)c1. The lowest BCUT2D eigenvalue weighted by molar-refractivity contribution is 0.0600. The molecule has 1 aromatic heterocycles. The quantitative estimate of drug-likeness (QED) is 0.428. The summed E-state index contributed by atoms with van der Waals surface area (Å²) in [5, 5.41) is 0. The van der Waals surface area contributed by atoms with Crippen LogP contribution in [-0.2, 0) is 4.74 Å². The van der Waals surface area contributed by atoms with Gasteiger partial charge in [-0.2, -0.15) is 4.99 Å². The smallest absolute Gasteiger partial charge is 0.338 e. The number of rotatable bonds is 4. The zero-order valence-corrected chi connectivity index (χ0v) is 12.8. The molecule has 6 N–H and O–H groups in total. The first-order valence-electron chi connectivity index (χ1n) is 6.74. The molecular formula is C15H16N6O3. The molecule has 0 atom stereocenters. The predicted molar refractivity (Wildman–Crippen MR) is 89.2 cm³/mol. The van der Waals surface area contributed by atoms with E-state index in [0.717, 1.165) is 0 Å². The summed E-state index contributed by atoms with van der Waals surface area (Å²) in [5.41, 5.74) is 16.8. The Balaban J connectivity index is 2.12. The Labute approximate surface area is 137 Å². The molecule has 0 aliphatic rings. The molecule has 0 saturated heterocycles. The largest absolute Gasteiger partial charge is 0.465 e. The highest BCUT2D eigenvalue weighted by Crippen LogP contribution is 2.23. The molecule has 2 rings (SSSR count). The van der Waals surface area contributed by atoms with Crippen molar-refractivity contribution in [3.05, 3.63) is 48.2 Å². The second-order valence-corrected chi connectivity index (χ2v) is 4.48. The third-order valence-corrected chi connectivity index (χ3v) is 2.70. The van der Waals surface area contributed by atoms with E-state index in [9.17, 15) is 4.79 Å². The van der Waals surface area contributed by atoms with E-state index in [-0.39, 0.29) is 17.8 Å². The highest BCUT2D eigenvalue weighted by atomic mass is 16.5. The number of benzene rings is 1. The maximum absolute atomic E-state index is 11.5. The standard InChI is InChI=1S/C15H16N6O3/c1-23-13(22)9-6-7-19-12(8-9)24-11-4-2-10(3-5-11)20-15(18)21-14(16)17/h2-8H,1H3,(H6,16,17,18,20,21). The molecule has 0 amide bonds. The van der Waals surface area contributed by atoms with Crippen LogP contribution in [-0.4, -0.2) is 30.0 Å². The molecule has 0 spiro atoms. The van der Waals surface area contributed by atoms with Crippen LogP contribution in [0.15, 0.2) is 52.6 Å². The lowest BCUT2D eigenvalue weighted by Gasteiger charge is -2.06. The molecule has 1 heterocycles. The van der Waals surface area contributed by atoms with Gasteiger partial charge >= 0.3 is 5.97 Å². The van der Waals surface area contributed by atoms with Crippen LogP contribution >= 0.6 is 0 Å². The monoisotopic (exact) mass is 328 g/mol. The molecule has 0 unspecified atom stereocenters. The molecule has 0 aliphatic heterocycles. The summed E-state index contributed by atoms with van der Waals surface area (Å²) >= 11 is 0. The van der Waals surface area contributed by atoms with E-state index < -0.39 is 5.97 Å². The predicted octanol–water partition coefficient (Wildman–Crippen LogP) is 0.880. The average Bonchev–Trinajstić information content (AvgIpc) is 2.55. The average molecular weight is 328 g/mol. The second-order valence-electron chi connectivity index (χ2n) is 4.48. The minimum Gasteiger partial charge on any atom is -0.465 e. The molecule has 9 heteroatoms. The Bertz CT molecular complexity index is 782. The molecule has 0 aliphatic carbocycles. The topological polar surface area (TPSA) is 151 Å². The van der Waals surface area contributed by atoms with Crippen molar-refractivity contribution < 1.29 is 14.3 Å². The number of carbonyl (C=O) groups is 1. The number of nitrogens with zero attached hydrogens (tertiary/aromatic N) is 3. The molecule has 1 aromatic carbocycles. The number of carbonyl (C=O) groups excluding carboxylic acids is 1. The number of ether oxygens (including phenoxy) is 2. The number of aliphatic imine (C=N–C) groups is 2. The lowest BCUT2D eigenvalue weighted by atomic mass is 10.2. The van der Waals surface area contributed by atoms with E-state index in [1.54, 1.807) is 24.3 Å². The molecule has 2 aromatic rings. The van der Waals surface area contributed by atoms with Gasteiger partial charge in [-0.05, 0) is 30.3 Å². The fourth-order valence-corrected chi connectivity index (χ4v) is 1.71. The van der Waals surface area contributed by atoms with E-state index in [1.807, 2.05) is 0 Å². The number of pyridine rings is 1. The summed E-state index contributed by atoms with van der Waals surface area (Å²) in [5.74, 6) is 0.0593. The number of guanidine groups is 2. The van der Waals surface area contributed by atoms with Crippen molar-refractivity contribution in [3.63, 3.8) is 0 Å². The third kappa shape index (κ3) is 4.70. The Morgan fingerprint density at radius 3 is 2.46 bits per heavy atom. The van der Waals surface area contributed by atoms with Crippen LogP contribution in [0.1, 0.15) is 10.4 Å². The Hall–Kier alpha value is -3.62. The molecule has 124 valence electrons. The second kappa shape index (κ2) is 7.58. The molecule has 0 saturated carbocycles. The summed E-state index contributed by atoms with van der Waals surface area (Å²) in [7, 11) is 1.30. The van der Waals surface area contributed by atoms with E-state index in [0.29, 0.717) is 17.0 Å². The van der Waals surface area contributed by atoms with Gasteiger partial charge in [0.1, 0.15) is 5.75 Å². The van der Waals surface area contributed by atoms with E-state index in [1.165, 1.54) is 25.4 Å². The van der Waals surface area contributed by atoms with Crippen molar-refractivity contribution >= 4 is 23.6 Å². The summed E-state index contributed by atoms with van der Waals surface area (Å²) in [6.07, 6.45) is 1.45. The summed E-state index contributed by atoms with van der Waals surface area (Å²) < 4.78 is 10.2. The van der Waals surface area contributed by atoms with Gasteiger partial charge in [-0.25, -0.2) is 14.8 Å². The van der Waals surface area contributed by atoms with Gasteiger partial charge in [0.05, 0.1) is 18.4 Å². The highest BCUT2D eigenvalue weighted by Gasteiger charge is 2.07. The summed E-state index contributed by atoms with van der Waals surface area (Å²) in [6.45, 7) is 0. The number of aromatic nitrogens is 1. The normalized spacial score (nSPS) is 10.8. The number of nitrogens with two attached hydrogens (primary N) is 3. The molecule has 0 fully saturated rings. The van der Waals surface area contributed by atoms with Crippen molar-refractivity contribution in [2.24, 2.45) is 27.2 Å². The Kier molecular flexibility index (Phi) is 5.29. The molecule has 24 heavy (non-hydrogen) atoms. The first kappa shape index (κ1) is 16.7. The fraction of sp³-hybridized carbons (Fsp3) is 0.0667. The fourth-order valence-electron chi connectivity index (χ4n) is 1.71. The van der Waals surface area contributed by atoms with Crippen LogP contribution < -0.4 is 21.9 Å². The minimum absolute atomic E-state index is 0.0592. The van der Waals surface area contributed by atoms with Gasteiger partial charge in [0.25, 0.3) is 0 Å². The maximum atomic E-state index is 11.5. The summed E-state index contributed by atoms with van der Waals surface area (Å²) in [6, 6.07) is 9.66. The van der Waals surface area contributed by atoms with E-state index in [4.69, 9.17) is 21.9 Å². The highest BCUT2D eigenvalue weighted by molar-refractivity contribution is 5.93. The molecule has 0 bridgehead atoms. The van der Waals surface area contributed by atoms with E-state index in [2.05, 4.69) is 19.7 Å². The third-order valence-electron chi connectivity index (χ3n) is 2.70. The van der Waals surface area contributed by atoms with Gasteiger partial charge < -0.3 is 26.7 Å². The van der Waals surface area contributed by atoms with Crippen molar-refractivity contribution in [1.82, 2.24) is 4.98 Å². The van der Waals surface area contributed by atoms with Crippen LogP contribution in [0.3, 0.4) is 0 Å². The minimum atomic E-state index is -0.470. The van der Waals surface area contributed by atoms with Gasteiger partial charge in [0.2, 0.25) is 11.8 Å².